The number of aryl methyl sites for hydroxylation is 1. The molecule has 2 unspecified atom stereocenters. The van der Waals surface area contributed by atoms with Crippen LogP contribution in [0.1, 0.15) is 58.7 Å². The van der Waals surface area contributed by atoms with Gasteiger partial charge in [-0.2, -0.15) is 0 Å². The number of benzene rings is 2. The molecule has 3 amide bonds. The number of hydrogen-bond acceptors (Lipinski definition) is 5. The molecule has 0 aliphatic rings. The molecule has 2 atom stereocenters. The van der Waals surface area contributed by atoms with Crippen LogP contribution in [-0.4, -0.2) is 48.1 Å². The maximum atomic E-state index is 13.8. The molecule has 0 saturated carbocycles. The van der Waals surface area contributed by atoms with Gasteiger partial charge in [0, 0.05) is 12.2 Å². The van der Waals surface area contributed by atoms with Crippen molar-refractivity contribution in [3.63, 3.8) is 0 Å². The van der Waals surface area contributed by atoms with E-state index >= 15 is 0 Å². The summed E-state index contributed by atoms with van der Waals surface area (Å²) in [7, 11) is 1.57. The molecule has 0 heterocycles. The zero-order valence-corrected chi connectivity index (χ0v) is 22.5. The van der Waals surface area contributed by atoms with Gasteiger partial charge < -0.3 is 25.0 Å². The molecule has 0 spiro atoms. The second-order valence-electron chi connectivity index (χ2n) is 10.0. The van der Waals surface area contributed by atoms with Gasteiger partial charge in [0.25, 0.3) is 5.91 Å². The highest BCUT2D eigenvalue weighted by Crippen LogP contribution is 2.26. The van der Waals surface area contributed by atoms with Gasteiger partial charge in [-0.15, -0.1) is 0 Å². The first-order valence-corrected chi connectivity index (χ1v) is 12.2. The minimum Gasteiger partial charge on any atom is -0.497 e. The fourth-order valence-corrected chi connectivity index (χ4v) is 3.70. The van der Waals surface area contributed by atoms with Gasteiger partial charge in [0.1, 0.15) is 23.4 Å². The fraction of sp³-hybridized carbons (Fsp3) is 0.464. The predicted molar refractivity (Wildman–Crippen MR) is 141 cm³/mol. The van der Waals surface area contributed by atoms with Crippen LogP contribution in [0.3, 0.4) is 0 Å². The molecular formula is C28H39N3O5. The summed E-state index contributed by atoms with van der Waals surface area (Å²) < 4.78 is 10.6. The van der Waals surface area contributed by atoms with Crippen LogP contribution >= 0.6 is 0 Å². The van der Waals surface area contributed by atoms with Crippen molar-refractivity contribution in [1.29, 1.82) is 0 Å². The van der Waals surface area contributed by atoms with E-state index < -0.39 is 23.8 Å². The number of carbonyl (C=O) groups is 3. The van der Waals surface area contributed by atoms with Crippen LogP contribution in [-0.2, 0) is 14.3 Å². The smallest absolute Gasteiger partial charge is 0.408 e. The van der Waals surface area contributed by atoms with Crippen molar-refractivity contribution in [2.75, 3.05) is 19.0 Å². The lowest BCUT2D eigenvalue weighted by molar-refractivity contribution is -0.141. The van der Waals surface area contributed by atoms with Gasteiger partial charge in [0.2, 0.25) is 5.91 Å². The van der Waals surface area contributed by atoms with Gasteiger partial charge in [-0.3, -0.25) is 9.59 Å². The molecule has 8 nitrogen and oxygen atoms in total. The Morgan fingerprint density at radius 1 is 0.972 bits per heavy atom. The summed E-state index contributed by atoms with van der Waals surface area (Å²) >= 11 is 0. The average Bonchev–Trinajstić information content (AvgIpc) is 2.80. The molecule has 8 heteroatoms. The summed E-state index contributed by atoms with van der Waals surface area (Å²) in [5, 5.41) is 5.62. The van der Waals surface area contributed by atoms with E-state index in [9.17, 15) is 14.4 Å². The number of rotatable bonds is 9. The maximum absolute atomic E-state index is 13.8. The lowest BCUT2D eigenvalue weighted by atomic mass is 9.98. The molecule has 196 valence electrons. The van der Waals surface area contributed by atoms with Crippen LogP contribution < -0.4 is 15.4 Å². The zero-order valence-electron chi connectivity index (χ0n) is 22.5. The topological polar surface area (TPSA) is 97.0 Å². The Morgan fingerprint density at radius 3 is 2.03 bits per heavy atom. The standard InChI is InChI=1S/C28H39N3O5/c1-9-31(26(33)23(18(2)3)30-27(34)36-28(5,6)7)24(20-12-10-19(4)11-13-20)25(32)29-21-14-16-22(35-8)17-15-21/h10-18,23-24H,9H2,1-8H3,(H,29,32)(H,30,34). The molecule has 0 aliphatic heterocycles. The van der Waals surface area contributed by atoms with Crippen LogP contribution in [0.25, 0.3) is 0 Å². The number of carbonyl (C=O) groups excluding carboxylic acids is 3. The van der Waals surface area contributed by atoms with Gasteiger partial charge in [-0.1, -0.05) is 43.7 Å². The maximum Gasteiger partial charge on any atom is 0.408 e. The highest BCUT2D eigenvalue weighted by molar-refractivity contribution is 5.99. The van der Waals surface area contributed by atoms with E-state index in [-0.39, 0.29) is 24.3 Å². The molecule has 2 N–H and O–H groups in total. The summed E-state index contributed by atoms with van der Waals surface area (Å²) in [6.07, 6.45) is -0.680. The number of ether oxygens (including phenoxy) is 2. The van der Waals surface area contributed by atoms with Gasteiger partial charge in [0.05, 0.1) is 7.11 Å². The summed E-state index contributed by atoms with van der Waals surface area (Å²) in [4.78, 5) is 41.4. The number of nitrogens with one attached hydrogen (secondary N) is 2. The number of methoxy groups -OCH3 is 1. The highest BCUT2D eigenvalue weighted by atomic mass is 16.6. The van der Waals surface area contributed by atoms with E-state index in [1.54, 1.807) is 52.1 Å². The quantitative estimate of drug-likeness (QED) is 0.504. The first-order valence-electron chi connectivity index (χ1n) is 12.2. The molecule has 0 bridgehead atoms. The number of nitrogens with zero attached hydrogens (tertiary/aromatic N) is 1. The van der Waals surface area contributed by atoms with E-state index in [4.69, 9.17) is 9.47 Å². The van der Waals surface area contributed by atoms with Crippen LogP contribution in [0.2, 0.25) is 0 Å². The average molecular weight is 498 g/mol. The molecule has 0 radical (unpaired) electrons. The third-order valence-electron chi connectivity index (χ3n) is 5.54. The van der Waals surface area contributed by atoms with Gasteiger partial charge in [-0.25, -0.2) is 4.79 Å². The molecule has 2 rings (SSSR count). The van der Waals surface area contributed by atoms with Gasteiger partial charge >= 0.3 is 6.09 Å². The van der Waals surface area contributed by atoms with Crippen LogP contribution in [0.4, 0.5) is 10.5 Å². The summed E-state index contributed by atoms with van der Waals surface area (Å²) in [5.41, 5.74) is 1.58. The number of amides is 3. The van der Waals surface area contributed by atoms with Crippen molar-refractivity contribution in [2.24, 2.45) is 5.92 Å². The Labute approximate surface area is 214 Å². The summed E-state index contributed by atoms with van der Waals surface area (Å²) in [6, 6.07) is 12.7. The molecule has 0 aliphatic carbocycles. The minimum absolute atomic E-state index is 0.234. The monoisotopic (exact) mass is 497 g/mol. The van der Waals surface area contributed by atoms with E-state index in [1.807, 2.05) is 52.0 Å². The van der Waals surface area contributed by atoms with E-state index in [1.165, 1.54) is 4.90 Å². The predicted octanol–water partition coefficient (Wildman–Crippen LogP) is 5.08. The molecule has 0 fully saturated rings. The van der Waals surface area contributed by atoms with E-state index in [0.29, 0.717) is 17.0 Å². The lowest BCUT2D eigenvalue weighted by Gasteiger charge is -2.35. The Balaban J connectivity index is 2.40. The Morgan fingerprint density at radius 2 is 1.56 bits per heavy atom. The number of likely N-dealkylation sites (N-methyl/N-ethyl adjacent to an activating group) is 1. The van der Waals surface area contributed by atoms with Crippen molar-refractivity contribution in [3.8, 4) is 5.75 Å². The third-order valence-corrected chi connectivity index (χ3v) is 5.54. The van der Waals surface area contributed by atoms with Crippen molar-refractivity contribution in [1.82, 2.24) is 10.2 Å². The van der Waals surface area contributed by atoms with E-state index in [0.717, 1.165) is 5.56 Å². The Kier molecular flexibility index (Phi) is 9.90. The molecule has 36 heavy (non-hydrogen) atoms. The lowest BCUT2D eigenvalue weighted by Crippen LogP contribution is -2.54. The zero-order chi connectivity index (χ0) is 27.0. The van der Waals surface area contributed by atoms with E-state index in [2.05, 4.69) is 10.6 Å². The van der Waals surface area contributed by atoms with Gasteiger partial charge in [-0.05, 0) is 70.4 Å². The summed E-state index contributed by atoms with van der Waals surface area (Å²) in [5.74, 6) is -0.295. The largest absolute Gasteiger partial charge is 0.497 e. The third kappa shape index (κ3) is 8.00. The SMILES string of the molecule is CCN(C(=O)C(NC(=O)OC(C)(C)C)C(C)C)C(C(=O)Nc1ccc(OC)cc1)c1ccc(C)cc1. The van der Waals surface area contributed by atoms with Crippen LogP contribution in [0.5, 0.6) is 5.75 Å². The van der Waals surface area contributed by atoms with Crippen molar-refractivity contribution in [2.45, 2.75) is 66.2 Å². The molecule has 2 aromatic rings. The minimum atomic E-state index is -0.910. The first kappa shape index (κ1) is 28.7. The van der Waals surface area contributed by atoms with Crippen molar-refractivity contribution < 1.29 is 23.9 Å². The normalized spacial score (nSPS) is 12.9. The number of anilines is 1. The van der Waals surface area contributed by atoms with Crippen LogP contribution in [0, 0.1) is 12.8 Å². The number of alkyl carbamates (subject to hydrolysis) is 1. The highest BCUT2D eigenvalue weighted by Gasteiger charge is 2.36. The van der Waals surface area contributed by atoms with Crippen molar-refractivity contribution in [3.05, 3.63) is 59.7 Å². The second-order valence-corrected chi connectivity index (χ2v) is 10.0. The molecule has 0 saturated heterocycles. The molecule has 2 aromatic carbocycles. The fourth-order valence-electron chi connectivity index (χ4n) is 3.70. The Hall–Kier alpha value is -3.55. The van der Waals surface area contributed by atoms with Crippen molar-refractivity contribution >= 4 is 23.6 Å². The number of hydrogen-bond donors (Lipinski definition) is 2. The first-order chi connectivity index (χ1) is 16.9. The van der Waals surface area contributed by atoms with Gasteiger partial charge in [0.15, 0.2) is 0 Å². The summed E-state index contributed by atoms with van der Waals surface area (Å²) in [6.45, 7) is 13.0. The second kappa shape index (κ2) is 12.4. The molecular weight excluding hydrogens is 458 g/mol. The Bertz CT molecular complexity index is 1030. The molecule has 0 aromatic heterocycles. The van der Waals surface area contributed by atoms with Crippen LogP contribution in [0.15, 0.2) is 48.5 Å².